The van der Waals surface area contributed by atoms with Crippen LogP contribution in [0.2, 0.25) is 0 Å². The molecule has 0 radical (unpaired) electrons. The molecule has 5 heteroatoms. The van der Waals surface area contributed by atoms with E-state index < -0.39 is 18.3 Å². The predicted molar refractivity (Wildman–Crippen MR) is 73.0 cm³/mol. The van der Waals surface area contributed by atoms with Crippen molar-refractivity contribution in [3.8, 4) is 0 Å². The van der Waals surface area contributed by atoms with E-state index in [1.54, 1.807) is 0 Å². The second kappa shape index (κ2) is 5.79. The smallest absolute Gasteiger partial charge is 0.407 e. The predicted octanol–water partition coefficient (Wildman–Crippen LogP) is 2.14. The highest BCUT2D eigenvalue weighted by Crippen LogP contribution is 2.29. The van der Waals surface area contributed by atoms with E-state index in [0.29, 0.717) is 12.5 Å². The van der Waals surface area contributed by atoms with Crippen LogP contribution in [0.5, 0.6) is 0 Å². The molecule has 2 bridgehead atoms. The topological polar surface area (TPSA) is 50.4 Å². The fourth-order valence-corrected chi connectivity index (χ4v) is 3.06. The maximum Gasteiger partial charge on any atom is 0.407 e. The van der Waals surface area contributed by atoms with Crippen LogP contribution in [0.25, 0.3) is 0 Å². The molecule has 0 unspecified atom stereocenters. The lowest BCUT2D eigenvalue weighted by atomic mass is 9.98. The number of ether oxygens (including phenoxy) is 1. The zero-order valence-corrected chi connectivity index (χ0v) is 11.2. The van der Waals surface area contributed by atoms with Crippen molar-refractivity contribution in [2.45, 2.75) is 50.2 Å². The molecule has 2 N–H and O–H groups in total. The van der Waals surface area contributed by atoms with Gasteiger partial charge in [0.2, 0.25) is 0 Å². The van der Waals surface area contributed by atoms with Crippen molar-refractivity contribution in [3.63, 3.8) is 0 Å². The minimum Gasteiger partial charge on any atom is -0.445 e. The first-order valence-electron chi connectivity index (χ1n) is 7.10. The molecular formula is C15H19FN2O2. The lowest BCUT2D eigenvalue weighted by Gasteiger charge is -2.32. The first kappa shape index (κ1) is 13.4. The van der Waals surface area contributed by atoms with Crippen molar-refractivity contribution >= 4 is 6.09 Å². The average Bonchev–Trinajstić information content (AvgIpc) is 2.88. The largest absolute Gasteiger partial charge is 0.445 e. The molecule has 1 aromatic rings. The van der Waals surface area contributed by atoms with E-state index in [1.165, 1.54) is 0 Å². The number of hydrogen-bond donors (Lipinski definition) is 2. The normalized spacial score (nSPS) is 31.9. The molecule has 4 nitrogen and oxygen atoms in total. The molecule has 2 fully saturated rings. The van der Waals surface area contributed by atoms with Crippen molar-refractivity contribution in [1.82, 2.24) is 10.6 Å². The second-order valence-corrected chi connectivity index (χ2v) is 5.54. The summed E-state index contributed by atoms with van der Waals surface area (Å²) < 4.78 is 19.3. The summed E-state index contributed by atoms with van der Waals surface area (Å²) in [5.74, 6) is 0. The number of alkyl halides is 1. The average molecular weight is 278 g/mol. The van der Waals surface area contributed by atoms with E-state index >= 15 is 0 Å². The quantitative estimate of drug-likeness (QED) is 0.890. The Hall–Kier alpha value is -1.62. The lowest BCUT2D eigenvalue weighted by molar-refractivity contribution is 0.111. The Morgan fingerprint density at radius 3 is 2.95 bits per heavy atom. The summed E-state index contributed by atoms with van der Waals surface area (Å²) >= 11 is 0. The lowest BCUT2D eigenvalue weighted by Crippen LogP contribution is -2.56. The molecule has 0 spiro atoms. The van der Waals surface area contributed by atoms with Crippen LogP contribution in [-0.4, -0.2) is 30.4 Å². The van der Waals surface area contributed by atoms with Crippen LogP contribution in [0.1, 0.15) is 24.8 Å². The van der Waals surface area contributed by atoms with Crippen LogP contribution in [-0.2, 0) is 11.3 Å². The SMILES string of the molecule is O=C(N[C@@H]1C[C@H]2CC[C@H](N2)[C@@H]1F)OCc1ccccc1. The Labute approximate surface area is 117 Å². The van der Waals surface area contributed by atoms with Gasteiger partial charge in [0, 0.05) is 12.1 Å². The number of alkyl carbamates (subject to hydrolysis) is 1. The molecule has 0 saturated carbocycles. The van der Waals surface area contributed by atoms with Crippen LogP contribution in [0.3, 0.4) is 0 Å². The molecule has 108 valence electrons. The number of fused-ring (bicyclic) bond motifs is 2. The Morgan fingerprint density at radius 2 is 2.15 bits per heavy atom. The molecule has 2 aliphatic heterocycles. The summed E-state index contributed by atoms with van der Waals surface area (Å²) in [5.41, 5.74) is 0.921. The number of rotatable bonds is 3. The number of benzene rings is 1. The van der Waals surface area contributed by atoms with Crippen LogP contribution in [0.4, 0.5) is 9.18 Å². The van der Waals surface area contributed by atoms with Gasteiger partial charge in [0.25, 0.3) is 0 Å². The number of carbonyl (C=O) groups is 1. The number of nitrogens with one attached hydrogen (secondary N) is 2. The minimum absolute atomic E-state index is 0.117. The summed E-state index contributed by atoms with van der Waals surface area (Å²) in [5, 5.41) is 5.90. The molecule has 0 aliphatic carbocycles. The first-order valence-corrected chi connectivity index (χ1v) is 7.10. The fraction of sp³-hybridized carbons (Fsp3) is 0.533. The molecule has 1 aromatic carbocycles. The minimum atomic E-state index is -1.03. The summed E-state index contributed by atoms with van der Waals surface area (Å²) in [6.45, 7) is 0.210. The zero-order chi connectivity index (χ0) is 13.9. The highest BCUT2D eigenvalue weighted by Gasteiger charge is 2.42. The Bertz CT molecular complexity index is 468. The molecule has 2 heterocycles. The Morgan fingerprint density at radius 1 is 1.35 bits per heavy atom. The van der Waals surface area contributed by atoms with E-state index in [0.717, 1.165) is 18.4 Å². The Kier molecular flexibility index (Phi) is 3.87. The van der Waals surface area contributed by atoms with Gasteiger partial charge in [0.15, 0.2) is 0 Å². The van der Waals surface area contributed by atoms with Gasteiger partial charge in [-0.15, -0.1) is 0 Å². The van der Waals surface area contributed by atoms with Gasteiger partial charge in [-0.2, -0.15) is 0 Å². The number of halogens is 1. The van der Waals surface area contributed by atoms with Gasteiger partial charge >= 0.3 is 6.09 Å². The molecule has 20 heavy (non-hydrogen) atoms. The van der Waals surface area contributed by atoms with E-state index in [4.69, 9.17) is 4.74 Å². The number of hydrogen-bond acceptors (Lipinski definition) is 3. The molecule has 1 amide bonds. The molecule has 2 saturated heterocycles. The maximum absolute atomic E-state index is 14.1. The summed E-state index contributed by atoms with van der Waals surface area (Å²) in [6.07, 6.45) is 0.907. The molecular weight excluding hydrogens is 259 g/mol. The van der Waals surface area contributed by atoms with Gasteiger partial charge < -0.3 is 15.4 Å². The van der Waals surface area contributed by atoms with Crippen molar-refractivity contribution in [3.05, 3.63) is 35.9 Å². The van der Waals surface area contributed by atoms with Crippen molar-refractivity contribution in [1.29, 1.82) is 0 Å². The van der Waals surface area contributed by atoms with Gasteiger partial charge in [-0.1, -0.05) is 30.3 Å². The fourth-order valence-electron chi connectivity index (χ4n) is 3.06. The molecule has 2 aliphatic rings. The summed E-state index contributed by atoms with van der Waals surface area (Å²) in [7, 11) is 0. The van der Waals surface area contributed by atoms with Crippen LogP contribution in [0.15, 0.2) is 30.3 Å². The van der Waals surface area contributed by atoms with E-state index in [9.17, 15) is 9.18 Å². The van der Waals surface area contributed by atoms with Crippen LogP contribution in [0, 0.1) is 0 Å². The summed E-state index contributed by atoms with van der Waals surface area (Å²) in [6, 6.07) is 9.22. The molecule has 0 aromatic heterocycles. The molecule has 3 rings (SSSR count). The number of amides is 1. The Balaban J connectivity index is 1.49. The maximum atomic E-state index is 14.1. The standard InChI is InChI=1S/C15H19FN2O2/c16-14-12-7-6-11(17-12)8-13(14)18-15(19)20-9-10-4-2-1-3-5-10/h1-5,11-14,17H,6-9H2,(H,18,19)/t11-,12+,13-,14+/m1/s1. The highest BCUT2D eigenvalue weighted by atomic mass is 19.1. The molecule has 4 atom stereocenters. The summed E-state index contributed by atoms with van der Waals surface area (Å²) in [4.78, 5) is 11.7. The monoisotopic (exact) mass is 278 g/mol. The van der Waals surface area contributed by atoms with E-state index in [2.05, 4.69) is 10.6 Å². The van der Waals surface area contributed by atoms with Gasteiger partial charge in [0.1, 0.15) is 12.8 Å². The highest BCUT2D eigenvalue weighted by molar-refractivity contribution is 5.67. The van der Waals surface area contributed by atoms with Crippen molar-refractivity contribution < 1.29 is 13.9 Å². The van der Waals surface area contributed by atoms with Gasteiger partial charge in [-0.05, 0) is 24.8 Å². The van der Waals surface area contributed by atoms with Crippen LogP contribution >= 0.6 is 0 Å². The number of carbonyl (C=O) groups excluding carboxylic acids is 1. The van der Waals surface area contributed by atoms with E-state index in [1.807, 2.05) is 30.3 Å². The van der Waals surface area contributed by atoms with Gasteiger partial charge in [-0.25, -0.2) is 9.18 Å². The van der Waals surface area contributed by atoms with Crippen molar-refractivity contribution in [2.75, 3.05) is 0 Å². The second-order valence-electron chi connectivity index (χ2n) is 5.54. The number of piperidine rings is 1. The first-order chi connectivity index (χ1) is 9.72. The van der Waals surface area contributed by atoms with Crippen LogP contribution < -0.4 is 10.6 Å². The zero-order valence-electron chi connectivity index (χ0n) is 11.2. The third kappa shape index (κ3) is 2.93. The third-order valence-electron chi connectivity index (χ3n) is 4.10. The van der Waals surface area contributed by atoms with Gasteiger partial charge in [0.05, 0.1) is 6.04 Å². The third-order valence-corrected chi connectivity index (χ3v) is 4.10. The van der Waals surface area contributed by atoms with E-state index in [-0.39, 0.29) is 12.6 Å². The van der Waals surface area contributed by atoms with Gasteiger partial charge in [-0.3, -0.25) is 0 Å². The van der Waals surface area contributed by atoms with Crippen molar-refractivity contribution in [2.24, 2.45) is 0 Å².